The number of anilines is 2. The van der Waals surface area contributed by atoms with Crippen molar-refractivity contribution in [2.24, 2.45) is 0 Å². The third-order valence-electron chi connectivity index (χ3n) is 4.22. The molecule has 2 aromatic carbocycles. The quantitative estimate of drug-likeness (QED) is 0.874. The van der Waals surface area contributed by atoms with E-state index in [0.29, 0.717) is 0 Å². The van der Waals surface area contributed by atoms with Gasteiger partial charge in [-0.3, -0.25) is 9.59 Å². The lowest BCUT2D eigenvalue weighted by molar-refractivity contribution is -0.121. The van der Waals surface area contributed by atoms with Gasteiger partial charge in [-0.1, -0.05) is 36.4 Å². The van der Waals surface area contributed by atoms with E-state index in [-0.39, 0.29) is 24.4 Å². The summed E-state index contributed by atoms with van der Waals surface area (Å²) in [6.07, 6.45) is 0.854. The van der Waals surface area contributed by atoms with Crippen LogP contribution in [0.2, 0.25) is 0 Å². The first-order chi connectivity index (χ1) is 11.1. The summed E-state index contributed by atoms with van der Waals surface area (Å²) in [4.78, 5) is 28.2. The van der Waals surface area contributed by atoms with E-state index in [2.05, 4.69) is 6.07 Å². The van der Waals surface area contributed by atoms with Crippen molar-refractivity contribution in [3.8, 4) is 0 Å². The first-order valence-electron chi connectivity index (χ1n) is 7.81. The molecule has 2 aromatic rings. The molecule has 0 bridgehead atoms. The van der Waals surface area contributed by atoms with Crippen LogP contribution in [-0.2, 0) is 16.0 Å². The van der Waals surface area contributed by atoms with Crippen molar-refractivity contribution in [1.82, 2.24) is 0 Å². The van der Waals surface area contributed by atoms with E-state index in [1.54, 1.807) is 0 Å². The molecule has 4 heteroatoms. The average molecular weight is 308 g/mol. The van der Waals surface area contributed by atoms with Gasteiger partial charge < -0.3 is 9.80 Å². The number of para-hydroxylation sites is 2. The zero-order chi connectivity index (χ0) is 16.4. The maximum Gasteiger partial charge on any atom is 0.247 e. The fourth-order valence-electron chi connectivity index (χ4n) is 3.15. The number of carbonyl (C=O) groups is 2. The second kappa shape index (κ2) is 6.24. The van der Waals surface area contributed by atoms with Crippen molar-refractivity contribution in [1.29, 1.82) is 0 Å². The molecule has 23 heavy (non-hydrogen) atoms. The zero-order valence-corrected chi connectivity index (χ0v) is 13.4. The van der Waals surface area contributed by atoms with Crippen LogP contribution >= 0.6 is 0 Å². The molecular weight excluding hydrogens is 288 g/mol. The molecule has 0 saturated carbocycles. The fourth-order valence-corrected chi connectivity index (χ4v) is 3.15. The van der Waals surface area contributed by atoms with Crippen LogP contribution in [0.3, 0.4) is 0 Å². The largest absolute Gasteiger partial charge is 0.307 e. The normalized spacial score (nSPS) is 16.1. The topological polar surface area (TPSA) is 40.6 Å². The molecule has 2 amide bonds. The van der Waals surface area contributed by atoms with Gasteiger partial charge in [0.25, 0.3) is 0 Å². The summed E-state index contributed by atoms with van der Waals surface area (Å²) in [5, 5.41) is 0. The van der Waals surface area contributed by atoms with Crippen LogP contribution in [-0.4, -0.2) is 24.4 Å². The lowest BCUT2D eigenvalue weighted by Crippen LogP contribution is -2.44. The molecule has 1 aliphatic rings. The second-order valence-electron chi connectivity index (χ2n) is 5.89. The summed E-state index contributed by atoms with van der Waals surface area (Å²) in [6, 6.07) is 17.4. The molecule has 0 spiro atoms. The van der Waals surface area contributed by atoms with Gasteiger partial charge in [-0.25, -0.2) is 0 Å². The van der Waals surface area contributed by atoms with Crippen LogP contribution in [0.15, 0.2) is 54.6 Å². The minimum atomic E-state index is -0.135. The standard InChI is InChI=1S/C19H20N2O2/c1-14-12-16-8-6-7-11-18(16)21(14)19(23)13-20(15(2)22)17-9-4-3-5-10-17/h3-11,14H,12-13H2,1-2H3. The Balaban J connectivity index is 1.84. The summed E-state index contributed by atoms with van der Waals surface area (Å²) in [6.45, 7) is 3.58. The third-order valence-corrected chi connectivity index (χ3v) is 4.22. The third kappa shape index (κ3) is 2.97. The molecule has 1 unspecified atom stereocenters. The summed E-state index contributed by atoms with van der Waals surface area (Å²) >= 11 is 0. The number of nitrogens with zero attached hydrogens (tertiary/aromatic N) is 2. The van der Waals surface area contributed by atoms with Crippen LogP contribution < -0.4 is 9.80 Å². The molecular formula is C19H20N2O2. The van der Waals surface area contributed by atoms with Gasteiger partial charge in [0.15, 0.2) is 0 Å². The van der Waals surface area contributed by atoms with E-state index in [0.717, 1.165) is 17.8 Å². The molecule has 118 valence electrons. The molecule has 0 saturated heterocycles. The number of carbonyl (C=O) groups excluding carboxylic acids is 2. The molecule has 0 radical (unpaired) electrons. The first kappa shape index (κ1) is 15.3. The van der Waals surface area contributed by atoms with E-state index >= 15 is 0 Å². The number of hydrogen-bond acceptors (Lipinski definition) is 2. The first-order valence-corrected chi connectivity index (χ1v) is 7.81. The summed E-state index contributed by atoms with van der Waals surface area (Å²) in [7, 11) is 0. The number of rotatable bonds is 3. The highest BCUT2D eigenvalue weighted by Crippen LogP contribution is 2.32. The molecule has 0 N–H and O–H groups in total. The maximum absolute atomic E-state index is 12.8. The van der Waals surface area contributed by atoms with Gasteiger partial charge in [0.1, 0.15) is 6.54 Å². The SMILES string of the molecule is CC(=O)N(CC(=O)N1c2ccccc2CC1C)c1ccccc1. The highest BCUT2D eigenvalue weighted by atomic mass is 16.2. The van der Waals surface area contributed by atoms with Gasteiger partial charge >= 0.3 is 0 Å². The van der Waals surface area contributed by atoms with Crippen molar-refractivity contribution in [2.45, 2.75) is 26.3 Å². The Bertz CT molecular complexity index is 727. The van der Waals surface area contributed by atoms with Gasteiger partial charge in [0.2, 0.25) is 11.8 Å². The molecule has 0 aliphatic carbocycles. The molecule has 1 heterocycles. The van der Waals surface area contributed by atoms with Gasteiger partial charge in [-0.15, -0.1) is 0 Å². The number of fused-ring (bicyclic) bond motifs is 1. The summed E-state index contributed by atoms with van der Waals surface area (Å²) in [5.74, 6) is -0.189. The van der Waals surface area contributed by atoms with E-state index in [1.165, 1.54) is 17.4 Å². The smallest absolute Gasteiger partial charge is 0.247 e. The fraction of sp³-hybridized carbons (Fsp3) is 0.263. The minimum absolute atomic E-state index is 0.0536. The predicted octanol–water partition coefficient (Wildman–Crippen LogP) is 3.02. The lowest BCUT2D eigenvalue weighted by Gasteiger charge is -2.27. The van der Waals surface area contributed by atoms with Gasteiger partial charge in [0, 0.05) is 24.3 Å². The highest BCUT2D eigenvalue weighted by molar-refractivity contribution is 6.04. The summed E-state index contributed by atoms with van der Waals surface area (Å²) < 4.78 is 0. The van der Waals surface area contributed by atoms with Crippen molar-refractivity contribution < 1.29 is 9.59 Å². The zero-order valence-electron chi connectivity index (χ0n) is 13.4. The van der Waals surface area contributed by atoms with Crippen LogP contribution in [0, 0.1) is 0 Å². The molecule has 1 aliphatic heterocycles. The number of amides is 2. The number of benzene rings is 2. The Morgan fingerprint density at radius 1 is 1.09 bits per heavy atom. The Morgan fingerprint density at radius 3 is 2.43 bits per heavy atom. The van der Waals surface area contributed by atoms with Crippen LogP contribution in [0.25, 0.3) is 0 Å². The average Bonchev–Trinajstić information content (AvgIpc) is 2.88. The van der Waals surface area contributed by atoms with E-state index < -0.39 is 0 Å². The lowest BCUT2D eigenvalue weighted by atomic mass is 10.1. The summed E-state index contributed by atoms with van der Waals surface area (Å²) in [5.41, 5.74) is 2.89. The molecule has 1 atom stereocenters. The molecule has 0 aromatic heterocycles. The van der Waals surface area contributed by atoms with E-state index in [1.807, 2.05) is 60.4 Å². The molecule has 0 fully saturated rings. The van der Waals surface area contributed by atoms with Gasteiger partial charge in [0.05, 0.1) is 0 Å². The van der Waals surface area contributed by atoms with Crippen molar-refractivity contribution in [2.75, 3.05) is 16.3 Å². The van der Waals surface area contributed by atoms with Crippen LogP contribution in [0.4, 0.5) is 11.4 Å². The van der Waals surface area contributed by atoms with Crippen LogP contribution in [0.1, 0.15) is 19.4 Å². The van der Waals surface area contributed by atoms with Crippen molar-refractivity contribution in [3.05, 3.63) is 60.2 Å². The van der Waals surface area contributed by atoms with Crippen molar-refractivity contribution in [3.63, 3.8) is 0 Å². The molecule has 3 rings (SSSR count). The van der Waals surface area contributed by atoms with Gasteiger partial charge in [-0.2, -0.15) is 0 Å². The monoisotopic (exact) mass is 308 g/mol. The van der Waals surface area contributed by atoms with E-state index in [9.17, 15) is 9.59 Å². The highest BCUT2D eigenvalue weighted by Gasteiger charge is 2.31. The van der Waals surface area contributed by atoms with Crippen LogP contribution in [0.5, 0.6) is 0 Å². The molecule has 4 nitrogen and oxygen atoms in total. The second-order valence-corrected chi connectivity index (χ2v) is 5.89. The minimum Gasteiger partial charge on any atom is -0.307 e. The predicted molar refractivity (Wildman–Crippen MR) is 91.6 cm³/mol. The Morgan fingerprint density at radius 2 is 1.74 bits per heavy atom. The number of hydrogen-bond donors (Lipinski definition) is 0. The van der Waals surface area contributed by atoms with E-state index in [4.69, 9.17) is 0 Å². The maximum atomic E-state index is 12.8. The Kier molecular flexibility index (Phi) is 4.15. The Labute approximate surface area is 136 Å². The van der Waals surface area contributed by atoms with Gasteiger partial charge in [-0.05, 0) is 37.1 Å². The Hall–Kier alpha value is -2.62. The van der Waals surface area contributed by atoms with Crippen molar-refractivity contribution >= 4 is 23.2 Å².